The van der Waals surface area contributed by atoms with Gasteiger partial charge in [-0.2, -0.15) is 0 Å². The number of pyridine rings is 1. The van der Waals surface area contributed by atoms with Crippen molar-refractivity contribution in [2.24, 2.45) is 5.41 Å². The largest absolute Gasteiger partial charge is 0.478 e. The Morgan fingerprint density at radius 3 is 2.55 bits per heavy atom. The molecule has 4 nitrogen and oxygen atoms in total. The quantitative estimate of drug-likeness (QED) is 0.930. The predicted molar refractivity (Wildman–Crippen MR) is 81.4 cm³/mol. The van der Waals surface area contributed by atoms with Crippen molar-refractivity contribution in [3.05, 3.63) is 35.9 Å². The lowest BCUT2D eigenvalue weighted by Crippen LogP contribution is -2.29. The SMILES string of the molecule is CN(CC(C)(C)C)c1ccc2c(C(=O)O)cccc2n1. The van der Waals surface area contributed by atoms with E-state index in [0.29, 0.717) is 16.5 Å². The average Bonchev–Trinajstić information content (AvgIpc) is 2.35. The number of aromatic nitrogens is 1. The predicted octanol–water partition coefficient (Wildman–Crippen LogP) is 3.42. The molecule has 0 saturated carbocycles. The number of benzene rings is 1. The fraction of sp³-hybridized carbons (Fsp3) is 0.375. The number of nitrogens with zero attached hydrogens (tertiary/aromatic N) is 2. The Morgan fingerprint density at radius 2 is 1.95 bits per heavy atom. The molecule has 0 unspecified atom stereocenters. The Balaban J connectivity index is 2.42. The summed E-state index contributed by atoms with van der Waals surface area (Å²) in [6.45, 7) is 7.40. The third-order valence-electron chi connectivity index (χ3n) is 3.05. The molecule has 2 rings (SSSR count). The van der Waals surface area contributed by atoms with E-state index >= 15 is 0 Å². The minimum absolute atomic E-state index is 0.175. The van der Waals surface area contributed by atoms with E-state index < -0.39 is 5.97 Å². The fourth-order valence-corrected chi connectivity index (χ4v) is 2.34. The average molecular weight is 272 g/mol. The highest BCUT2D eigenvalue weighted by atomic mass is 16.4. The Bertz CT molecular complexity index is 644. The molecule has 2 aromatic rings. The lowest BCUT2D eigenvalue weighted by Gasteiger charge is -2.27. The minimum Gasteiger partial charge on any atom is -0.478 e. The molecule has 0 aliphatic rings. The maximum atomic E-state index is 11.2. The first-order valence-corrected chi connectivity index (χ1v) is 6.62. The molecule has 0 fully saturated rings. The van der Waals surface area contributed by atoms with Crippen molar-refractivity contribution >= 4 is 22.7 Å². The van der Waals surface area contributed by atoms with Crippen LogP contribution < -0.4 is 4.90 Å². The second-order valence-electron chi connectivity index (χ2n) is 6.26. The number of aromatic carboxylic acids is 1. The van der Waals surface area contributed by atoms with Gasteiger partial charge in [-0.15, -0.1) is 0 Å². The molecule has 0 radical (unpaired) electrons. The van der Waals surface area contributed by atoms with Crippen LogP contribution in [0, 0.1) is 5.41 Å². The van der Waals surface area contributed by atoms with Crippen LogP contribution in [0.15, 0.2) is 30.3 Å². The first-order chi connectivity index (χ1) is 9.28. The van der Waals surface area contributed by atoms with Crippen LogP contribution in [0.4, 0.5) is 5.82 Å². The molecular weight excluding hydrogens is 252 g/mol. The molecule has 0 aliphatic heterocycles. The van der Waals surface area contributed by atoms with Crippen molar-refractivity contribution in [2.45, 2.75) is 20.8 Å². The smallest absolute Gasteiger partial charge is 0.336 e. The fourth-order valence-electron chi connectivity index (χ4n) is 2.34. The van der Waals surface area contributed by atoms with Crippen molar-refractivity contribution in [1.82, 2.24) is 4.98 Å². The van der Waals surface area contributed by atoms with E-state index in [9.17, 15) is 9.90 Å². The Morgan fingerprint density at radius 1 is 1.25 bits per heavy atom. The van der Waals surface area contributed by atoms with Gasteiger partial charge in [0.1, 0.15) is 5.82 Å². The molecule has 0 spiro atoms. The number of carboxylic acids is 1. The van der Waals surface area contributed by atoms with Crippen molar-refractivity contribution in [3.63, 3.8) is 0 Å². The second kappa shape index (κ2) is 5.12. The van der Waals surface area contributed by atoms with Gasteiger partial charge in [0, 0.05) is 19.0 Å². The van der Waals surface area contributed by atoms with Gasteiger partial charge in [0.2, 0.25) is 0 Å². The van der Waals surface area contributed by atoms with E-state index in [4.69, 9.17) is 0 Å². The topological polar surface area (TPSA) is 53.4 Å². The number of rotatable bonds is 3. The van der Waals surface area contributed by atoms with Gasteiger partial charge in [0.05, 0.1) is 11.1 Å². The number of hydrogen-bond acceptors (Lipinski definition) is 3. The van der Waals surface area contributed by atoms with E-state index in [2.05, 4.69) is 30.7 Å². The Kier molecular flexibility index (Phi) is 3.66. The zero-order valence-electron chi connectivity index (χ0n) is 12.3. The monoisotopic (exact) mass is 272 g/mol. The van der Waals surface area contributed by atoms with E-state index in [-0.39, 0.29) is 5.41 Å². The highest BCUT2D eigenvalue weighted by Crippen LogP contribution is 2.23. The van der Waals surface area contributed by atoms with E-state index in [1.807, 2.05) is 25.2 Å². The standard InChI is InChI=1S/C16H20N2O2/c1-16(2,3)10-18(4)14-9-8-11-12(15(19)20)6-5-7-13(11)17-14/h5-9H,10H2,1-4H3,(H,19,20). The van der Waals surface area contributed by atoms with E-state index in [1.165, 1.54) is 0 Å². The number of carbonyl (C=O) groups is 1. The molecule has 0 aliphatic carbocycles. The lowest BCUT2D eigenvalue weighted by molar-refractivity contribution is 0.0699. The van der Waals surface area contributed by atoms with Gasteiger partial charge < -0.3 is 10.0 Å². The zero-order valence-corrected chi connectivity index (χ0v) is 12.3. The highest BCUT2D eigenvalue weighted by molar-refractivity contribution is 6.02. The van der Waals surface area contributed by atoms with Crippen LogP contribution >= 0.6 is 0 Å². The molecular formula is C16H20N2O2. The van der Waals surface area contributed by atoms with Crippen molar-refractivity contribution < 1.29 is 9.90 Å². The Hall–Kier alpha value is -2.10. The maximum Gasteiger partial charge on any atom is 0.336 e. The zero-order chi connectivity index (χ0) is 14.9. The van der Waals surface area contributed by atoms with Gasteiger partial charge in [-0.3, -0.25) is 0 Å². The maximum absolute atomic E-state index is 11.2. The lowest BCUT2D eigenvalue weighted by atomic mass is 9.96. The summed E-state index contributed by atoms with van der Waals surface area (Å²) >= 11 is 0. The number of fused-ring (bicyclic) bond motifs is 1. The first kappa shape index (κ1) is 14.3. The molecule has 0 bridgehead atoms. The molecule has 4 heteroatoms. The Labute approximate surface area is 119 Å². The molecule has 0 atom stereocenters. The van der Waals surface area contributed by atoms with Crippen LogP contribution in [0.5, 0.6) is 0 Å². The summed E-state index contributed by atoms with van der Waals surface area (Å²) in [5.74, 6) is -0.0665. The molecule has 1 aromatic carbocycles. The molecule has 0 saturated heterocycles. The van der Waals surface area contributed by atoms with Crippen molar-refractivity contribution in [1.29, 1.82) is 0 Å². The van der Waals surface area contributed by atoms with Gasteiger partial charge >= 0.3 is 5.97 Å². The summed E-state index contributed by atoms with van der Waals surface area (Å²) in [6, 6.07) is 8.88. The van der Waals surface area contributed by atoms with Crippen LogP contribution in [0.2, 0.25) is 0 Å². The number of anilines is 1. The number of carboxylic acid groups (broad SMARTS) is 1. The van der Waals surface area contributed by atoms with Crippen molar-refractivity contribution in [3.8, 4) is 0 Å². The summed E-state index contributed by atoms with van der Waals surface area (Å²) in [4.78, 5) is 17.8. The van der Waals surface area contributed by atoms with Gasteiger partial charge in [-0.1, -0.05) is 26.8 Å². The van der Waals surface area contributed by atoms with Crippen LogP contribution in [-0.2, 0) is 0 Å². The summed E-state index contributed by atoms with van der Waals surface area (Å²) in [5, 5.41) is 9.85. The van der Waals surface area contributed by atoms with Gasteiger partial charge in [-0.05, 0) is 29.7 Å². The summed E-state index contributed by atoms with van der Waals surface area (Å²) in [6.07, 6.45) is 0. The van der Waals surface area contributed by atoms with E-state index in [1.54, 1.807) is 12.1 Å². The highest BCUT2D eigenvalue weighted by Gasteiger charge is 2.16. The summed E-state index contributed by atoms with van der Waals surface area (Å²) in [5.41, 5.74) is 1.18. The van der Waals surface area contributed by atoms with Crippen LogP contribution in [0.1, 0.15) is 31.1 Å². The molecule has 0 amide bonds. The first-order valence-electron chi connectivity index (χ1n) is 6.62. The van der Waals surface area contributed by atoms with Gasteiger partial charge in [0.15, 0.2) is 0 Å². The van der Waals surface area contributed by atoms with Crippen LogP contribution in [-0.4, -0.2) is 29.7 Å². The molecule has 20 heavy (non-hydrogen) atoms. The molecule has 1 heterocycles. The van der Waals surface area contributed by atoms with Gasteiger partial charge in [-0.25, -0.2) is 9.78 Å². The summed E-state index contributed by atoms with van der Waals surface area (Å²) < 4.78 is 0. The number of hydrogen-bond donors (Lipinski definition) is 1. The van der Waals surface area contributed by atoms with Crippen molar-refractivity contribution in [2.75, 3.05) is 18.5 Å². The third-order valence-corrected chi connectivity index (χ3v) is 3.05. The van der Waals surface area contributed by atoms with E-state index in [0.717, 1.165) is 12.4 Å². The third kappa shape index (κ3) is 3.07. The second-order valence-corrected chi connectivity index (χ2v) is 6.26. The van der Waals surface area contributed by atoms with Crippen LogP contribution in [0.25, 0.3) is 10.9 Å². The minimum atomic E-state index is -0.923. The van der Waals surface area contributed by atoms with Crippen LogP contribution in [0.3, 0.4) is 0 Å². The molecule has 106 valence electrons. The molecule has 1 aromatic heterocycles. The van der Waals surface area contributed by atoms with Gasteiger partial charge in [0.25, 0.3) is 0 Å². The molecule has 1 N–H and O–H groups in total. The normalized spacial score (nSPS) is 11.6. The summed E-state index contributed by atoms with van der Waals surface area (Å²) in [7, 11) is 2.00.